The Kier molecular flexibility index (Phi) is 7.46. The first kappa shape index (κ1) is 23.0. The highest BCUT2D eigenvalue weighted by atomic mass is 32.2. The van der Waals surface area contributed by atoms with E-state index in [2.05, 4.69) is 17.4 Å². The molecular formula is C23H29N3O4S. The number of anilines is 1. The summed E-state index contributed by atoms with van der Waals surface area (Å²) in [4.78, 5) is 25.6. The van der Waals surface area contributed by atoms with Crippen molar-refractivity contribution in [1.82, 2.24) is 9.21 Å². The minimum Gasteiger partial charge on any atom is -0.342 e. The van der Waals surface area contributed by atoms with Crippen molar-refractivity contribution in [3.8, 4) is 0 Å². The molecule has 2 aromatic carbocycles. The maximum absolute atomic E-state index is 12.8. The van der Waals surface area contributed by atoms with Crippen molar-refractivity contribution in [3.05, 3.63) is 60.2 Å². The summed E-state index contributed by atoms with van der Waals surface area (Å²) in [7, 11) is -2.38. The summed E-state index contributed by atoms with van der Waals surface area (Å²) in [5, 5.41) is 2.60. The van der Waals surface area contributed by atoms with E-state index in [1.807, 2.05) is 18.2 Å². The lowest BCUT2D eigenvalue weighted by Gasteiger charge is -2.33. The molecule has 1 heterocycles. The van der Waals surface area contributed by atoms with E-state index >= 15 is 0 Å². The SMILES string of the molecule is CC(=O)Nc1ccc(S(=O)(=O)N(C)CC(=O)N2CCC(Cc3ccccc3)CC2)cc1. The van der Waals surface area contributed by atoms with E-state index in [0.717, 1.165) is 23.6 Å². The van der Waals surface area contributed by atoms with Crippen LogP contribution in [0.25, 0.3) is 0 Å². The number of carbonyl (C=O) groups excluding carboxylic acids is 2. The van der Waals surface area contributed by atoms with Crippen LogP contribution in [0, 0.1) is 5.92 Å². The second-order valence-corrected chi connectivity index (χ2v) is 10.0. The van der Waals surface area contributed by atoms with Gasteiger partial charge in [0.25, 0.3) is 0 Å². The summed E-state index contributed by atoms with van der Waals surface area (Å²) < 4.78 is 26.7. The number of sulfonamides is 1. The van der Waals surface area contributed by atoms with E-state index in [4.69, 9.17) is 0 Å². The van der Waals surface area contributed by atoms with Gasteiger partial charge in [-0.2, -0.15) is 4.31 Å². The minimum atomic E-state index is -3.80. The summed E-state index contributed by atoms with van der Waals surface area (Å²) >= 11 is 0. The number of likely N-dealkylation sites (N-methyl/N-ethyl adjacent to an activating group) is 1. The van der Waals surface area contributed by atoms with E-state index < -0.39 is 10.0 Å². The Labute approximate surface area is 184 Å². The van der Waals surface area contributed by atoms with Crippen LogP contribution in [0.4, 0.5) is 5.69 Å². The molecule has 3 rings (SSSR count). The fraction of sp³-hybridized carbons (Fsp3) is 0.391. The lowest BCUT2D eigenvalue weighted by molar-refractivity contribution is -0.132. The van der Waals surface area contributed by atoms with Crippen LogP contribution in [-0.4, -0.2) is 56.1 Å². The molecule has 0 aromatic heterocycles. The Hall–Kier alpha value is -2.71. The molecule has 1 N–H and O–H groups in total. The molecule has 0 aliphatic carbocycles. The largest absolute Gasteiger partial charge is 0.342 e. The van der Waals surface area contributed by atoms with E-state index in [0.29, 0.717) is 24.7 Å². The fourth-order valence-electron chi connectivity index (χ4n) is 3.80. The highest BCUT2D eigenvalue weighted by Gasteiger charge is 2.28. The van der Waals surface area contributed by atoms with Crippen molar-refractivity contribution in [2.75, 3.05) is 32.0 Å². The second kappa shape index (κ2) is 10.1. The molecule has 0 unspecified atom stereocenters. The lowest BCUT2D eigenvalue weighted by Crippen LogP contribution is -2.44. The molecule has 0 bridgehead atoms. The Morgan fingerprint density at radius 1 is 1.03 bits per heavy atom. The van der Waals surface area contributed by atoms with E-state index in [1.165, 1.54) is 43.8 Å². The van der Waals surface area contributed by atoms with Crippen LogP contribution in [0.5, 0.6) is 0 Å². The number of likely N-dealkylation sites (tertiary alicyclic amines) is 1. The number of hydrogen-bond donors (Lipinski definition) is 1. The van der Waals surface area contributed by atoms with E-state index in [9.17, 15) is 18.0 Å². The number of amides is 2. The molecule has 31 heavy (non-hydrogen) atoms. The molecule has 1 aliphatic heterocycles. The first-order valence-corrected chi connectivity index (χ1v) is 11.9. The van der Waals surface area contributed by atoms with Gasteiger partial charge in [-0.15, -0.1) is 0 Å². The quantitative estimate of drug-likeness (QED) is 0.713. The maximum Gasteiger partial charge on any atom is 0.243 e. The first-order valence-electron chi connectivity index (χ1n) is 10.4. The standard InChI is InChI=1S/C23H29N3O4S/c1-18(27)24-21-8-10-22(11-9-21)31(29,30)25(2)17-23(28)26-14-12-20(13-15-26)16-19-6-4-3-5-7-19/h3-11,20H,12-17H2,1-2H3,(H,24,27). The average molecular weight is 444 g/mol. The number of benzene rings is 2. The van der Waals surface area contributed by atoms with Crippen LogP contribution >= 0.6 is 0 Å². The predicted octanol–water partition coefficient (Wildman–Crippen LogP) is 2.75. The van der Waals surface area contributed by atoms with Gasteiger partial charge in [-0.1, -0.05) is 30.3 Å². The van der Waals surface area contributed by atoms with Gasteiger partial charge in [0.2, 0.25) is 21.8 Å². The van der Waals surface area contributed by atoms with E-state index in [-0.39, 0.29) is 23.3 Å². The molecule has 0 radical (unpaired) electrons. The van der Waals surface area contributed by atoms with Gasteiger partial charge in [0.1, 0.15) is 0 Å². The third kappa shape index (κ3) is 6.15. The number of nitrogens with one attached hydrogen (secondary N) is 1. The van der Waals surface area contributed by atoms with Crippen molar-refractivity contribution in [1.29, 1.82) is 0 Å². The summed E-state index contributed by atoms with van der Waals surface area (Å²) in [6.45, 7) is 2.49. The zero-order chi connectivity index (χ0) is 22.4. The van der Waals surface area contributed by atoms with Crippen molar-refractivity contribution in [3.63, 3.8) is 0 Å². The van der Waals surface area contributed by atoms with Gasteiger partial charge in [0.15, 0.2) is 0 Å². The topological polar surface area (TPSA) is 86.8 Å². The summed E-state index contributed by atoms with van der Waals surface area (Å²) in [5.74, 6) is 0.125. The number of carbonyl (C=O) groups is 2. The number of hydrogen-bond acceptors (Lipinski definition) is 4. The van der Waals surface area contributed by atoms with Crippen LogP contribution in [0.3, 0.4) is 0 Å². The highest BCUT2D eigenvalue weighted by molar-refractivity contribution is 7.89. The Bertz CT molecular complexity index is 999. The van der Waals surface area contributed by atoms with Gasteiger partial charge in [0, 0.05) is 32.7 Å². The monoisotopic (exact) mass is 443 g/mol. The first-order chi connectivity index (χ1) is 14.8. The summed E-state index contributed by atoms with van der Waals surface area (Å²) in [6.07, 6.45) is 2.84. The van der Waals surface area contributed by atoms with E-state index in [1.54, 1.807) is 4.90 Å². The van der Waals surface area contributed by atoms with Gasteiger partial charge < -0.3 is 10.2 Å². The second-order valence-electron chi connectivity index (χ2n) is 7.98. The molecule has 0 spiro atoms. The van der Waals surface area contributed by atoms with Crippen molar-refractivity contribution in [2.24, 2.45) is 5.92 Å². The number of rotatable bonds is 7. The Morgan fingerprint density at radius 3 is 2.23 bits per heavy atom. The average Bonchev–Trinajstić information content (AvgIpc) is 2.75. The molecule has 0 atom stereocenters. The molecule has 166 valence electrons. The molecule has 2 amide bonds. The molecule has 1 saturated heterocycles. The van der Waals surface area contributed by atoms with Crippen molar-refractivity contribution >= 4 is 27.5 Å². The van der Waals surface area contributed by atoms with Crippen molar-refractivity contribution < 1.29 is 18.0 Å². The van der Waals surface area contributed by atoms with Gasteiger partial charge in [-0.25, -0.2) is 8.42 Å². The summed E-state index contributed by atoms with van der Waals surface area (Å²) in [5.41, 5.74) is 1.83. The van der Waals surface area contributed by atoms with Gasteiger partial charge >= 0.3 is 0 Å². The third-order valence-electron chi connectivity index (χ3n) is 5.58. The number of nitrogens with zero attached hydrogens (tertiary/aromatic N) is 2. The third-order valence-corrected chi connectivity index (χ3v) is 7.39. The maximum atomic E-state index is 12.8. The highest BCUT2D eigenvalue weighted by Crippen LogP contribution is 2.22. The molecule has 8 heteroatoms. The van der Waals surface area contributed by atoms with Crippen LogP contribution in [0.15, 0.2) is 59.5 Å². The Morgan fingerprint density at radius 2 is 1.65 bits per heavy atom. The zero-order valence-corrected chi connectivity index (χ0v) is 18.8. The van der Waals surface area contributed by atoms with Gasteiger partial charge in [0.05, 0.1) is 11.4 Å². The normalized spacial score (nSPS) is 15.1. The predicted molar refractivity (Wildman–Crippen MR) is 120 cm³/mol. The smallest absolute Gasteiger partial charge is 0.243 e. The van der Waals surface area contributed by atoms with Gasteiger partial charge in [-0.05, 0) is 55.0 Å². The molecule has 1 aliphatic rings. The summed E-state index contributed by atoms with van der Waals surface area (Å²) in [6, 6.07) is 16.2. The molecule has 2 aromatic rings. The van der Waals surface area contributed by atoms with Crippen LogP contribution in [0.1, 0.15) is 25.3 Å². The van der Waals surface area contributed by atoms with Crippen molar-refractivity contribution in [2.45, 2.75) is 31.1 Å². The Balaban J connectivity index is 1.53. The van der Waals surface area contributed by atoms with Crippen LogP contribution in [0.2, 0.25) is 0 Å². The van der Waals surface area contributed by atoms with Gasteiger partial charge in [-0.3, -0.25) is 9.59 Å². The zero-order valence-electron chi connectivity index (χ0n) is 18.0. The molecule has 1 fully saturated rings. The molecule has 7 nitrogen and oxygen atoms in total. The minimum absolute atomic E-state index is 0.0819. The number of piperidine rings is 1. The van der Waals surface area contributed by atoms with Crippen LogP contribution < -0.4 is 5.32 Å². The van der Waals surface area contributed by atoms with Crippen LogP contribution in [-0.2, 0) is 26.0 Å². The molecular weight excluding hydrogens is 414 g/mol. The lowest BCUT2D eigenvalue weighted by atomic mass is 9.90. The fourth-order valence-corrected chi connectivity index (χ4v) is 4.92. The molecule has 0 saturated carbocycles.